The molecule has 0 saturated heterocycles. The molecule has 0 saturated carbocycles. The SMILES string of the molecule is CN(C)C1=NC(C2CC=CCC2)NC(=N)C1. The van der Waals surface area contributed by atoms with Crippen molar-refractivity contribution in [1.29, 1.82) is 5.41 Å². The number of allylic oxidation sites excluding steroid dienone is 2. The normalized spacial score (nSPS) is 29.6. The second-order valence-electron chi connectivity index (χ2n) is 4.73. The van der Waals surface area contributed by atoms with Crippen molar-refractivity contribution in [2.24, 2.45) is 10.9 Å². The molecular weight excluding hydrogens is 200 g/mol. The van der Waals surface area contributed by atoms with Crippen LogP contribution in [0.15, 0.2) is 17.1 Å². The molecule has 2 aliphatic rings. The van der Waals surface area contributed by atoms with E-state index in [1.165, 1.54) is 6.42 Å². The first kappa shape index (κ1) is 11.2. The van der Waals surface area contributed by atoms with Gasteiger partial charge in [0.05, 0.1) is 6.42 Å². The summed E-state index contributed by atoms with van der Waals surface area (Å²) in [6, 6.07) is 0. The number of nitrogens with zero attached hydrogens (tertiary/aromatic N) is 2. The van der Waals surface area contributed by atoms with Crippen LogP contribution in [0.4, 0.5) is 0 Å². The van der Waals surface area contributed by atoms with Gasteiger partial charge in [-0.1, -0.05) is 12.2 Å². The molecule has 0 spiro atoms. The number of aliphatic imine (C=N–C) groups is 1. The van der Waals surface area contributed by atoms with Crippen LogP contribution in [0, 0.1) is 11.3 Å². The first-order valence-electron chi connectivity index (χ1n) is 5.90. The maximum atomic E-state index is 7.82. The van der Waals surface area contributed by atoms with Gasteiger partial charge in [-0.05, 0) is 19.3 Å². The fraction of sp³-hybridized carbons (Fsp3) is 0.667. The lowest BCUT2D eigenvalue weighted by Crippen LogP contribution is -2.46. The number of hydrogen-bond acceptors (Lipinski definition) is 3. The first-order chi connectivity index (χ1) is 7.66. The zero-order valence-corrected chi connectivity index (χ0v) is 10.0. The van der Waals surface area contributed by atoms with Crippen molar-refractivity contribution < 1.29 is 0 Å². The topological polar surface area (TPSA) is 51.5 Å². The van der Waals surface area contributed by atoms with Crippen molar-refractivity contribution in [2.45, 2.75) is 31.8 Å². The van der Waals surface area contributed by atoms with E-state index >= 15 is 0 Å². The Balaban J connectivity index is 2.11. The van der Waals surface area contributed by atoms with E-state index in [2.05, 4.69) is 17.5 Å². The van der Waals surface area contributed by atoms with Crippen LogP contribution in [0.3, 0.4) is 0 Å². The van der Waals surface area contributed by atoms with Crippen molar-refractivity contribution >= 4 is 11.7 Å². The largest absolute Gasteiger partial charge is 0.366 e. The molecular formula is C12H20N4. The first-order valence-corrected chi connectivity index (χ1v) is 5.90. The van der Waals surface area contributed by atoms with E-state index in [-0.39, 0.29) is 6.17 Å². The maximum absolute atomic E-state index is 7.82. The molecule has 2 rings (SSSR count). The summed E-state index contributed by atoms with van der Waals surface area (Å²) in [4.78, 5) is 6.73. The fourth-order valence-electron chi connectivity index (χ4n) is 2.23. The Kier molecular flexibility index (Phi) is 3.27. The fourth-order valence-corrected chi connectivity index (χ4v) is 2.23. The van der Waals surface area contributed by atoms with Crippen molar-refractivity contribution in [3.05, 3.63) is 12.2 Å². The number of amidine groups is 2. The summed E-state index contributed by atoms with van der Waals surface area (Å²) in [6.45, 7) is 0. The number of nitrogens with one attached hydrogen (secondary N) is 2. The van der Waals surface area contributed by atoms with Gasteiger partial charge in [-0.3, -0.25) is 5.41 Å². The highest BCUT2D eigenvalue weighted by Gasteiger charge is 2.26. The molecule has 4 nitrogen and oxygen atoms in total. The monoisotopic (exact) mass is 220 g/mol. The Bertz CT molecular complexity index is 330. The molecule has 0 aromatic heterocycles. The molecule has 4 heteroatoms. The van der Waals surface area contributed by atoms with Gasteiger partial charge in [0.25, 0.3) is 0 Å². The molecule has 0 fully saturated rings. The van der Waals surface area contributed by atoms with Crippen LogP contribution in [0.25, 0.3) is 0 Å². The van der Waals surface area contributed by atoms with E-state index in [0.717, 1.165) is 18.7 Å². The predicted molar refractivity (Wildman–Crippen MR) is 66.9 cm³/mol. The number of hydrogen-bond donors (Lipinski definition) is 2. The predicted octanol–water partition coefficient (Wildman–Crippen LogP) is 1.60. The Morgan fingerprint density at radius 1 is 1.44 bits per heavy atom. The van der Waals surface area contributed by atoms with E-state index < -0.39 is 0 Å². The molecule has 1 heterocycles. The molecule has 1 aliphatic carbocycles. The van der Waals surface area contributed by atoms with Crippen LogP contribution in [0.1, 0.15) is 25.7 Å². The summed E-state index contributed by atoms with van der Waals surface area (Å²) in [5.74, 6) is 2.15. The van der Waals surface area contributed by atoms with Gasteiger partial charge in [-0.15, -0.1) is 0 Å². The molecule has 2 unspecified atom stereocenters. The minimum absolute atomic E-state index is 0.101. The highest BCUT2D eigenvalue weighted by Crippen LogP contribution is 2.24. The maximum Gasteiger partial charge on any atom is 0.124 e. The minimum Gasteiger partial charge on any atom is -0.366 e. The van der Waals surface area contributed by atoms with Gasteiger partial charge in [0.15, 0.2) is 0 Å². The average Bonchev–Trinajstić information content (AvgIpc) is 2.29. The lowest BCUT2D eigenvalue weighted by Gasteiger charge is -2.32. The molecule has 0 aromatic rings. The highest BCUT2D eigenvalue weighted by molar-refractivity contribution is 6.02. The summed E-state index contributed by atoms with van der Waals surface area (Å²) in [5.41, 5.74) is 0. The van der Waals surface area contributed by atoms with Gasteiger partial charge in [0.2, 0.25) is 0 Å². The lowest BCUT2D eigenvalue weighted by atomic mass is 9.91. The average molecular weight is 220 g/mol. The Labute approximate surface area is 96.9 Å². The molecule has 0 aromatic carbocycles. The summed E-state index contributed by atoms with van der Waals surface area (Å²) in [5, 5.41) is 11.0. The van der Waals surface area contributed by atoms with Crippen LogP contribution < -0.4 is 5.32 Å². The van der Waals surface area contributed by atoms with Crippen molar-refractivity contribution in [3.8, 4) is 0 Å². The standard InChI is InChI=1S/C12H20N4/c1-16(2)11-8-10(13)14-12(15-11)9-6-4-3-5-7-9/h3-4,9,12H,5-8H2,1-2H3,(H2,13,14). The Morgan fingerprint density at radius 2 is 2.25 bits per heavy atom. The van der Waals surface area contributed by atoms with Crippen LogP contribution in [-0.2, 0) is 0 Å². The third kappa shape index (κ3) is 2.43. The Morgan fingerprint density at radius 3 is 2.88 bits per heavy atom. The van der Waals surface area contributed by atoms with Gasteiger partial charge in [0.1, 0.15) is 17.8 Å². The van der Waals surface area contributed by atoms with Gasteiger partial charge in [-0.25, -0.2) is 4.99 Å². The third-order valence-electron chi connectivity index (χ3n) is 3.22. The Hall–Kier alpha value is -1.32. The summed E-state index contributed by atoms with van der Waals surface area (Å²) in [6.07, 6.45) is 8.60. The van der Waals surface area contributed by atoms with E-state index in [9.17, 15) is 0 Å². The summed E-state index contributed by atoms with van der Waals surface area (Å²) >= 11 is 0. The molecule has 88 valence electrons. The van der Waals surface area contributed by atoms with Crippen LogP contribution in [0.5, 0.6) is 0 Å². The second-order valence-corrected chi connectivity index (χ2v) is 4.73. The molecule has 1 aliphatic heterocycles. The van der Waals surface area contributed by atoms with Crippen molar-refractivity contribution in [3.63, 3.8) is 0 Å². The quantitative estimate of drug-likeness (QED) is 0.659. The molecule has 0 radical (unpaired) electrons. The van der Waals surface area contributed by atoms with Crippen molar-refractivity contribution in [2.75, 3.05) is 14.1 Å². The molecule has 16 heavy (non-hydrogen) atoms. The van der Waals surface area contributed by atoms with Crippen molar-refractivity contribution in [1.82, 2.24) is 10.2 Å². The van der Waals surface area contributed by atoms with E-state index in [1.807, 2.05) is 19.0 Å². The zero-order chi connectivity index (χ0) is 11.5. The molecule has 2 atom stereocenters. The van der Waals surface area contributed by atoms with E-state index in [1.54, 1.807) is 0 Å². The van der Waals surface area contributed by atoms with Crippen LogP contribution in [-0.4, -0.2) is 36.8 Å². The summed E-state index contributed by atoms with van der Waals surface area (Å²) < 4.78 is 0. The number of rotatable bonds is 1. The lowest BCUT2D eigenvalue weighted by molar-refractivity contribution is 0.362. The highest BCUT2D eigenvalue weighted by atomic mass is 15.2. The second kappa shape index (κ2) is 4.68. The van der Waals surface area contributed by atoms with Crippen LogP contribution in [0.2, 0.25) is 0 Å². The third-order valence-corrected chi connectivity index (χ3v) is 3.22. The van der Waals surface area contributed by atoms with Crippen LogP contribution >= 0.6 is 0 Å². The van der Waals surface area contributed by atoms with Gasteiger partial charge in [0, 0.05) is 20.0 Å². The van der Waals surface area contributed by atoms with E-state index in [0.29, 0.717) is 18.2 Å². The van der Waals surface area contributed by atoms with Gasteiger partial charge < -0.3 is 10.2 Å². The van der Waals surface area contributed by atoms with Gasteiger partial charge >= 0.3 is 0 Å². The molecule has 2 N–H and O–H groups in total. The minimum atomic E-state index is 0.101. The van der Waals surface area contributed by atoms with E-state index in [4.69, 9.17) is 10.4 Å². The smallest absolute Gasteiger partial charge is 0.124 e. The molecule has 0 amide bonds. The zero-order valence-electron chi connectivity index (χ0n) is 10.0. The van der Waals surface area contributed by atoms with Gasteiger partial charge in [-0.2, -0.15) is 0 Å². The molecule has 0 bridgehead atoms. The summed E-state index contributed by atoms with van der Waals surface area (Å²) in [7, 11) is 3.99.